The molecule has 1 amide bonds. The number of benzene rings is 3. The largest absolute Gasteiger partial charge is 0.489 e. The summed E-state index contributed by atoms with van der Waals surface area (Å²) in [5.74, 6) is 1.16. The number of carbonyl (C=O) groups excluding carboxylic acids is 1. The molecular weight excluding hydrogens is 364 g/mol. The Hall–Kier alpha value is -3.60. The number of hydrogen-bond donors (Lipinski definition) is 1. The summed E-state index contributed by atoms with van der Waals surface area (Å²) in [5, 5.41) is 3.97. The van der Waals surface area contributed by atoms with Gasteiger partial charge in [-0.3, -0.25) is 4.79 Å². The third-order valence-electron chi connectivity index (χ3n) is 4.23. The minimum absolute atomic E-state index is 0.0894. The van der Waals surface area contributed by atoms with Gasteiger partial charge >= 0.3 is 0 Å². The van der Waals surface area contributed by atoms with Crippen molar-refractivity contribution >= 4 is 12.1 Å². The highest BCUT2D eigenvalue weighted by Crippen LogP contribution is 2.18. The van der Waals surface area contributed by atoms with Gasteiger partial charge in [0.2, 0.25) is 0 Å². The first kappa shape index (κ1) is 20.1. The lowest BCUT2D eigenvalue weighted by atomic mass is 10.1. The number of rotatable bonds is 8. The van der Waals surface area contributed by atoms with Gasteiger partial charge in [0.1, 0.15) is 18.1 Å². The fourth-order valence-electron chi connectivity index (χ4n) is 2.61. The molecule has 148 valence electrons. The molecule has 0 heterocycles. The van der Waals surface area contributed by atoms with Crippen molar-refractivity contribution in [3.05, 3.63) is 95.1 Å². The molecule has 1 N–H and O–H groups in total. The summed E-state index contributed by atoms with van der Waals surface area (Å²) < 4.78 is 11.3. The maximum Gasteiger partial charge on any atom is 0.277 e. The summed E-state index contributed by atoms with van der Waals surface area (Å²) in [7, 11) is 0. The fraction of sp³-hybridized carbons (Fsp3) is 0.167. The zero-order valence-corrected chi connectivity index (χ0v) is 16.6. The first-order valence-corrected chi connectivity index (χ1v) is 9.39. The number of ether oxygens (including phenoxy) is 2. The van der Waals surface area contributed by atoms with E-state index in [9.17, 15) is 4.79 Å². The molecule has 0 atom stereocenters. The van der Waals surface area contributed by atoms with Gasteiger partial charge in [-0.2, -0.15) is 5.10 Å². The molecule has 29 heavy (non-hydrogen) atoms. The van der Waals surface area contributed by atoms with Gasteiger partial charge in [-0.25, -0.2) is 5.43 Å². The SMILES string of the molecule is Cc1ccc(C)c(OCC(=O)N/N=C\c2ccc(OCc3ccccc3)cc2)c1. The van der Waals surface area contributed by atoms with E-state index < -0.39 is 0 Å². The summed E-state index contributed by atoms with van der Waals surface area (Å²) in [6.07, 6.45) is 1.58. The topological polar surface area (TPSA) is 59.9 Å². The number of nitrogens with zero attached hydrogens (tertiary/aromatic N) is 1. The van der Waals surface area contributed by atoms with Crippen LogP contribution in [-0.2, 0) is 11.4 Å². The molecular formula is C24H24N2O3. The molecule has 0 aliphatic heterocycles. The van der Waals surface area contributed by atoms with E-state index in [1.807, 2.05) is 86.6 Å². The van der Waals surface area contributed by atoms with Crippen molar-refractivity contribution in [2.75, 3.05) is 6.61 Å². The predicted molar refractivity (Wildman–Crippen MR) is 114 cm³/mol. The van der Waals surface area contributed by atoms with Gasteiger partial charge in [0.25, 0.3) is 5.91 Å². The van der Waals surface area contributed by atoms with Gasteiger partial charge in [0.05, 0.1) is 6.21 Å². The number of amides is 1. The van der Waals surface area contributed by atoms with E-state index >= 15 is 0 Å². The zero-order valence-electron chi connectivity index (χ0n) is 16.6. The van der Waals surface area contributed by atoms with Crippen molar-refractivity contribution in [2.45, 2.75) is 20.5 Å². The van der Waals surface area contributed by atoms with Crippen molar-refractivity contribution in [3.63, 3.8) is 0 Å². The molecule has 0 saturated carbocycles. The highest BCUT2D eigenvalue weighted by atomic mass is 16.5. The Bertz CT molecular complexity index is 967. The van der Waals surface area contributed by atoms with E-state index in [2.05, 4.69) is 10.5 Å². The van der Waals surface area contributed by atoms with Crippen LogP contribution < -0.4 is 14.9 Å². The quantitative estimate of drug-likeness (QED) is 0.459. The molecule has 0 aliphatic rings. The summed E-state index contributed by atoms with van der Waals surface area (Å²) in [4.78, 5) is 11.9. The predicted octanol–water partition coefficient (Wildman–Crippen LogP) is 4.41. The van der Waals surface area contributed by atoms with Crippen LogP contribution in [0.2, 0.25) is 0 Å². The summed E-state index contributed by atoms with van der Waals surface area (Å²) in [5.41, 5.74) is 6.51. The first-order valence-electron chi connectivity index (χ1n) is 9.39. The first-order chi connectivity index (χ1) is 14.1. The molecule has 3 aromatic carbocycles. The van der Waals surface area contributed by atoms with E-state index in [1.54, 1.807) is 6.21 Å². The standard InChI is InChI=1S/C24H24N2O3/c1-18-8-9-19(2)23(14-18)29-17-24(27)26-25-15-20-10-12-22(13-11-20)28-16-21-6-4-3-5-7-21/h3-15H,16-17H2,1-2H3,(H,26,27)/b25-15-. The Morgan fingerprint density at radius 1 is 0.966 bits per heavy atom. The van der Waals surface area contributed by atoms with E-state index in [0.717, 1.165) is 28.0 Å². The second kappa shape index (κ2) is 10.1. The lowest BCUT2D eigenvalue weighted by Gasteiger charge is -2.08. The van der Waals surface area contributed by atoms with Crippen LogP contribution in [0.15, 0.2) is 77.9 Å². The Kier molecular flexibility index (Phi) is 7.00. The van der Waals surface area contributed by atoms with Crippen LogP contribution >= 0.6 is 0 Å². The van der Waals surface area contributed by atoms with Crippen molar-refractivity contribution in [1.29, 1.82) is 0 Å². The average Bonchev–Trinajstić information content (AvgIpc) is 2.74. The van der Waals surface area contributed by atoms with Gasteiger partial charge in [0.15, 0.2) is 6.61 Å². The molecule has 0 aromatic heterocycles. The van der Waals surface area contributed by atoms with Crippen molar-refractivity contribution in [2.24, 2.45) is 5.10 Å². The Balaban J connectivity index is 1.43. The van der Waals surface area contributed by atoms with Crippen LogP contribution in [0.25, 0.3) is 0 Å². The number of hydrogen-bond acceptors (Lipinski definition) is 4. The maximum absolute atomic E-state index is 11.9. The van der Waals surface area contributed by atoms with Crippen LogP contribution in [0.1, 0.15) is 22.3 Å². The number of carbonyl (C=O) groups is 1. The van der Waals surface area contributed by atoms with Crippen molar-refractivity contribution in [1.82, 2.24) is 5.43 Å². The average molecular weight is 388 g/mol. The van der Waals surface area contributed by atoms with E-state index in [-0.39, 0.29) is 12.5 Å². The van der Waals surface area contributed by atoms with Crippen molar-refractivity contribution in [3.8, 4) is 11.5 Å². The lowest BCUT2D eigenvalue weighted by molar-refractivity contribution is -0.123. The Morgan fingerprint density at radius 3 is 2.48 bits per heavy atom. The van der Waals surface area contributed by atoms with Crippen LogP contribution in [-0.4, -0.2) is 18.7 Å². The van der Waals surface area contributed by atoms with E-state index in [1.165, 1.54) is 0 Å². The van der Waals surface area contributed by atoms with Gasteiger partial charge in [0, 0.05) is 0 Å². The molecule has 0 unspecified atom stereocenters. The molecule has 5 nitrogen and oxygen atoms in total. The van der Waals surface area contributed by atoms with Gasteiger partial charge < -0.3 is 9.47 Å². The van der Waals surface area contributed by atoms with Gasteiger partial charge in [-0.15, -0.1) is 0 Å². The molecule has 0 spiro atoms. The number of nitrogens with one attached hydrogen (secondary N) is 1. The second-order valence-corrected chi connectivity index (χ2v) is 6.69. The highest BCUT2D eigenvalue weighted by Gasteiger charge is 2.04. The molecule has 0 aliphatic carbocycles. The Labute approximate surface area is 171 Å². The van der Waals surface area contributed by atoms with Gasteiger partial charge in [-0.1, -0.05) is 42.5 Å². The third-order valence-corrected chi connectivity index (χ3v) is 4.23. The normalized spacial score (nSPS) is 10.7. The molecule has 3 rings (SSSR count). The lowest BCUT2D eigenvalue weighted by Crippen LogP contribution is -2.24. The maximum atomic E-state index is 11.9. The molecule has 3 aromatic rings. The van der Waals surface area contributed by atoms with Crippen LogP contribution in [0.5, 0.6) is 11.5 Å². The van der Waals surface area contributed by atoms with Crippen LogP contribution in [0.3, 0.4) is 0 Å². The molecule has 0 radical (unpaired) electrons. The van der Waals surface area contributed by atoms with Crippen molar-refractivity contribution < 1.29 is 14.3 Å². The fourth-order valence-corrected chi connectivity index (χ4v) is 2.61. The van der Waals surface area contributed by atoms with E-state index in [4.69, 9.17) is 9.47 Å². The number of aryl methyl sites for hydroxylation is 2. The zero-order chi connectivity index (χ0) is 20.5. The molecule has 0 saturated heterocycles. The van der Waals surface area contributed by atoms with Crippen LogP contribution in [0.4, 0.5) is 0 Å². The summed E-state index contributed by atoms with van der Waals surface area (Å²) >= 11 is 0. The second-order valence-electron chi connectivity index (χ2n) is 6.69. The van der Waals surface area contributed by atoms with E-state index in [0.29, 0.717) is 12.4 Å². The monoisotopic (exact) mass is 388 g/mol. The van der Waals surface area contributed by atoms with Crippen LogP contribution in [0, 0.1) is 13.8 Å². The van der Waals surface area contributed by atoms with Gasteiger partial charge in [-0.05, 0) is 66.4 Å². The minimum atomic E-state index is -0.315. The Morgan fingerprint density at radius 2 is 1.72 bits per heavy atom. The molecule has 5 heteroatoms. The molecule has 0 bridgehead atoms. The molecule has 0 fully saturated rings. The smallest absolute Gasteiger partial charge is 0.277 e. The minimum Gasteiger partial charge on any atom is -0.489 e. The summed E-state index contributed by atoms with van der Waals surface area (Å²) in [6, 6.07) is 23.4. The third kappa shape index (κ3) is 6.50. The highest BCUT2D eigenvalue weighted by molar-refractivity contribution is 5.83. The summed E-state index contributed by atoms with van der Waals surface area (Å²) in [6.45, 7) is 4.35. The number of hydrazone groups is 1.